The summed E-state index contributed by atoms with van der Waals surface area (Å²) in [6.45, 7) is 4.27. The van der Waals surface area contributed by atoms with E-state index in [2.05, 4.69) is 5.32 Å². The molecule has 0 fully saturated rings. The third kappa shape index (κ3) is 2.88. The zero-order valence-electron chi connectivity index (χ0n) is 12.8. The van der Waals surface area contributed by atoms with Crippen molar-refractivity contribution >= 4 is 11.4 Å². The van der Waals surface area contributed by atoms with Crippen molar-refractivity contribution in [2.75, 3.05) is 20.8 Å². The Morgan fingerprint density at radius 1 is 1.33 bits per heavy atom. The maximum absolute atomic E-state index is 11.8. The lowest BCUT2D eigenvalue weighted by Crippen LogP contribution is -2.29. The lowest BCUT2D eigenvalue weighted by atomic mass is 9.92. The van der Waals surface area contributed by atoms with Crippen molar-refractivity contribution in [3.63, 3.8) is 0 Å². The lowest BCUT2D eigenvalue weighted by molar-refractivity contribution is 0.101. The molecule has 0 saturated carbocycles. The average molecular weight is 291 g/mol. The maximum Gasteiger partial charge on any atom is 0.167 e. The molecule has 0 spiro atoms. The van der Waals surface area contributed by atoms with Crippen LogP contribution >= 0.6 is 0 Å². The fraction of sp³-hybridized carbons (Fsp3) is 0.438. The van der Waals surface area contributed by atoms with Crippen LogP contribution in [-0.2, 0) is 0 Å². The molecule has 21 heavy (non-hydrogen) atoms. The number of rotatable bonds is 4. The summed E-state index contributed by atoms with van der Waals surface area (Å²) in [5, 5.41) is 13.9. The van der Waals surface area contributed by atoms with Gasteiger partial charge in [0.25, 0.3) is 0 Å². The van der Waals surface area contributed by atoms with E-state index in [1.807, 2.05) is 13.0 Å². The number of carbonyl (C=O) groups excluding carboxylic acids is 1. The smallest absolute Gasteiger partial charge is 0.167 e. The van der Waals surface area contributed by atoms with Gasteiger partial charge in [0.1, 0.15) is 22.8 Å². The number of phenols is 1. The predicted octanol–water partition coefficient (Wildman–Crippen LogP) is 2.38. The SMILES string of the molecule is COc1cc(OC)c(C2=CC(C)NCC2)c(O)c1C(C)=O. The summed E-state index contributed by atoms with van der Waals surface area (Å²) >= 11 is 0. The molecule has 1 aromatic rings. The summed E-state index contributed by atoms with van der Waals surface area (Å²) in [7, 11) is 3.00. The van der Waals surface area contributed by atoms with Crippen LogP contribution in [0, 0.1) is 0 Å². The van der Waals surface area contributed by atoms with Gasteiger partial charge in [0.05, 0.1) is 19.8 Å². The Morgan fingerprint density at radius 2 is 2.00 bits per heavy atom. The summed E-state index contributed by atoms with van der Waals surface area (Å²) < 4.78 is 10.6. The van der Waals surface area contributed by atoms with Crippen LogP contribution in [0.1, 0.15) is 36.2 Å². The minimum atomic E-state index is -0.240. The number of Topliss-reactive ketones (excluding diaryl/α,β-unsaturated/α-hetero) is 1. The topological polar surface area (TPSA) is 67.8 Å². The van der Waals surface area contributed by atoms with Crippen molar-refractivity contribution in [2.24, 2.45) is 0 Å². The summed E-state index contributed by atoms with van der Waals surface area (Å²) in [5.74, 6) is 0.521. The van der Waals surface area contributed by atoms with Crippen molar-refractivity contribution < 1.29 is 19.4 Å². The second-order valence-corrected chi connectivity index (χ2v) is 5.12. The Labute approximate surface area is 124 Å². The van der Waals surface area contributed by atoms with Gasteiger partial charge >= 0.3 is 0 Å². The molecular weight excluding hydrogens is 270 g/mol. The number of carbonyl (C=O) groups is 1. The largest absolute Gasteiger partial charge is 0.506 e. The van der Waals surface area contributed by atoms with Crippen LogP contribution in [0.4, 0.5) is 0 Å². The average Bonchev–Trinajstić information content (AvgIpc) is 2.45. The molecular formula is C16H21NO4. The van der Waals surface area contributed by atoms with Gasteiger partial charge in [0.15, 0.2) is 5.78 Å². The van der Waals surface area contributed by atoms with E-state index in [0.29, 0.717) is 17.1 Å². The highest BCUT2D eigenvalue weighted by atomic mass is 16.5. The highest BCUT2D eigenvalue weighted by Gasteiger charge is 2.25. The van der Waals surface area contributed by atoms with Crippen molar-refractivity contribution in [3.8, 4) is 17.2 Å². The first kappa shape index (κ1) is 15.4. The van der Waals surface area contributed by atoms with Gasteiger partial charge in [0, 0.05) is 12.1 Å². The summed E-state index contributed by atoms with van der Waals surface area (Å²) in [6.07, 6.45) is 2.80. The van der Waals surface area contributed by atoms with Gasteiger partial charge in [-0.2, -0.15) is 0 Å². The van der Waals surface area contributed by atoms with E-state index in [1.54, 1.807) is 6.07 Å². The summed E-state index contributed by atoms with van der Waals surface area (Å²) in [5.41, 5.74) is 1.75. The molecule has 0 aliphatic carbocycles. The third-order valence-electron chi connectivity index (χ3n) is 3.65. The van der Waals surface area contributed by atoms with Crippen LogP contribution in [0.15, 0.2) is 12.1 Å². The highest BCUT2D eigenvalue weighted by molar-refractivity contribution is 6.02. The van der Waals surface area contributed by atoms with Gasteiger partial charge in [-0.05, 0) is 32.4 Å². The maximum atomic E-state index is 11.8. The highest BCUT2D eigenvalue weighted by Crippen LogP contribution is 2.43. The van der Waals surface area contributed by atoms with Crippen molar-refractivity contribution in [3.05, 3.63) is 23.3 Å². The van der Waals surface area contributed by atoms with Crippen molar-refractivity contribution in [1.29, 1.82) is 0 Å². The molecule has 1 aliphatic rings. The van der Waals surface area contributed by atoms with Gasteiger partial charge in [-0.3, -0.25) is 4.79 Å². The monoisotopic (exact) mass is 291 g/mol. The fourth-order valence-corrected chi connectivity index (χ4v) is 2.68. The molecule has 0 bridgehead atoms. The normalized spacial score (nSPS) is 18.1. The molecule has 0 radical (unpaired) electrons. The molecule has 0 amide bonds. The summed E-state index contributed by atoms with van der Waals surface area (Å²) in [4.78, 5) is 11.8. The molecule has 1 aliphatic heterocycles. The van der Waals surface area contributed by atoms with Crippen LogP contribution in [0.5, 0.6) is 17.2 Å². The Morgan fingerprint density at radius 3 is 2.52 bits per heavy atom. The molecule has 2 N–H and O–H groups in total. The molecule has 5 nitrogen and oxygen atoms in total. The van der Waals surface area contributed by atoms with Gasteiger partial charge in [0.2, 0.25) is 0 Å². The number of aromatic hydroxyl groups is 1. The number of phenolic OH excluding ortho intramolecular Hbond substituents is 1. The van der Waals surface area contributed by atoms with Crippen LogP contribution in [0.3, 0.4) is 0 Å². The standard InChI is InChI=1S/C16H21NO4/c1-9-7-11(5-6-17-9)15-13(21-4)8-12(20-3)14(10(2)18)16(15)19/h7-9,17,19H,5-6H2,1-4H3. The fourth-order valence-electron chi connectivity index (χ4n) is 2.68. The zero-order valence-corrected chi connectivity index (χ0v) is 12.8. The Kier molecular flexibility index (Phi) is 4.53. The number of ether oxygens (including phenoxy) is 2. The minimum Gasteiger partial charge on any atom is -0.506 e. The van der Waals surface area contributed by atoms with E-state index in [4.69, 9.17) is 9.47 Å². The number of methoxy groups -OCH3 is 2. The molecule has 1 unspecified atom stereocenters. The quantitative estimate of drug-likeness (QED) is 0.834. The van der Waals surface area contributed by atoms with Gasteiger partial charge in [-0.15, -0.1) is 0 Å². The Hall–Kier alpha value is -2.01. The molecule has 5 heteroatoms. The van der Waals surface area contributed by atoms with Crippen molar-refractivity contribution in [1.82, 2.24) is 5.32 Å². The first-order valence-electron chi connectivity index (χ1n) is 6.92. The number of nitrogens with one attached hydrogen (secondary N) is 1. The van der Waals surface area contributed by atoms with Crippen LogP contribution in [-0.4, -0.2) is 37.7 Å². The molecule has 1 atom stereocenters. The Balaban J connectivity index is 2.69. The minimum absolute atomic E-state index is 0.0703. The Bertz CT molecular complexity index is 592. The molecule has 0 saturated heterocycles. The van der Waals surface area contributed by atoms with E-state index in [1.165, 1.54) is 21.1 Å². The lowest BCUT2D eigenvalue weighted by Gasteiger charge is -2.23. The summed E-state index contributed by atoms with van der Waals surface area (Å²) in [6, 6.07) is 1.86. The van der Waals surface area contributed by atoms with E-state index >= 15 is 0 Å². The van der Waals surface area contributed by atoms with E-state index in [0.717, 1.165) is 18.5 Å². The number of hydrogen-bond donors (Lipinski definition) is 2. The van der Waals surface area contributed by atoms with E-state index < -0.39 is 0 Å². The number of hydrogen-bond acceptors (Lipinski definition) is 5. The molecule has 114 valence electrons. The first-order chi connectivity index (χ1) is 9.99. The van der Waals surface area contributed by atoms with E-state index in [-0.39, 0.29) is 23.1 Å². The van der Waals surface area contributed by atoms with Crippen LogP contribution < -0.4 is 14.8 Å². The van der Waals surface area contributed by atoms with E-state index in [9.17, 15) is 9.90 Å². The molecule has 1 aromatic carbocycles. The molecule has 2 rings (SSSR count). The second-order valence-electron chi connectivity index (χ2n) is 5.12. The molecule has 0 aromatic heterocycles. The van der Waals surface area contributed by atoms with Crippen molar-refractivity contribution in [2.45, 2.75) is 26.3 Å². The van der Waals surface area contributed by atoms with Gasteiger partial charge < -0.3 is 19.9 Å². The first-order valence-corrected chi connectivity index (χ1v) is 6.92. The number of benzene rings is 1. The van der Waals surface area contributed by atoms with Crippen LogP contribution in [0.2, 0.25) is 0 Å². The molecule has 1 heterocycles. The zero-order chi connectivity index (χ0) is 15.6. The van der Waals surface area contributed by atoms with Gasteiger partial charge in [-0.1, -0.05) is 6.08 Å². The predicted molar refractivity (Wildman–Crippen MR) is 81.3 cm³/mol. The van der Waals surface area contributed by atoms with Gasteiger partial charge in [-0.25, -0.2) is 0 Å². The number of ketones is 1. The second kappa shape index (κ2) is 6.18. The van der Waals surface area contributed by atoms with Crippen LogP contribution in [0.25, 0.3) is 5.57 Å². The third-order valence-corrected chi connectivity index (χ3v) is 3.65.